The first-order valence-corrected chi connectivity index (χ1v) is 14.7. The van der Waals surface area contributed by atoms with Crippen molar-refractivity contribution in [1.82, 2.24) is 15.3 Å². The van der Waals surface area contributed by atoms with Crippen LogP contribution in [0.15, 0.2) is 42.5 Å². The van der Waals surface area contributed by atoms with Gasteiger partial charge in [0.05, 0.1) is 0 Å². The number of piperidine rings is 1. The quantitative estimate of drug-likeness (QED) is 0.258. The molecule has 43 heavy (non-hydrogen) atoms. The summed E-state index contributed by atoms with van der Waals surface area (Å²) in [6.07, 6.45) is -4.48. The number of hydrogen-bond donors (Lipinski definition) is 3. The molecule has 4 N–H and O–H groups in total. The number of ether oxygens (including phenoxy) is 1. The van der Waals surface area contributed by atoms with Gasteiger partial charge in [0.1, 0.15) is 11.9 Å². The Morgan fingerprint density at radius 2 is 1.91 bits per heavy atom. The molecule has 2 fully saturated rings. The van der Waals surface area contributed by atoms with E-state index in [0.29, 0.717) is 54.3 Å². The lowest BCUT2D eigenvalue weighted by Crippen LogP contribution is -2.46. The maximum Gasteiger partial charge on any atom is 0.429 e. The van der Waals surface area contributed by atoms with Crippen molar-refractivity contribution < 1.29 is 27.8 Å². The van der Waals surface area contributed by atoms with Crippen LogP contribution in [0, 0.1) is 12.3 Å². The molecule has 0 bridgehead atoms. The maximum absolute atomic E-state index is 14.6. The standard InChI is InChI=1S/C30H32Cl2F3N5O3/c1-3-23-29(15-22(37-23)27(41)42)8-10-40(11-9-29)24-14-25(39-28(36)38-24)43-26(30(33,34)35)19-6-5-18(31)13-20(19)17-4-7-21(32)16(2)12-17/h4-7,12-14,22-23,26,37H,3,8-11,15H2,1-2H3,(H,41,42)(H2,36,38,39)/t22?,23?,26-/m1/s1. The molecule has 2 unspecified atom stereocenters. The molecule has 8 nitrogen and oxygen atoms in total. The number of nitrogens with two attached hydrogens (primary N) is 1. The molecule has 0 radical (unpaired) electrons. The number of anilines is 2. The van der Waals surface area contributed by atoms with Crippen molar-refractivity contribution in [2.24, 2.45) is 5.41 Å². The second-order valence-electron chi connectivity index (χ2n) is 11.2. The lowest BCUT2D eigenvalue weighted by Gasteiger charge is -2.43. The number of rotatable bonds is 7. The first kappa shape index (κ1) is 31.2. The number of carboxylic acids is 1. The first-order chi connectivity index (χ1) is 20.3. The van der Waals surface area contributed by atoms with Gasteiger partial charge in [-0.1, -0.05) is 42.3 Å². The van der Waals surface area contributed by atoms with Crippen LogP contribution < -0.4 is 20.7 Å². The fraction of sp³-hybridized carbons (Fsp3) is 0.433. The van der Waals surface area contributed by atoms with Crippen LogP contribution >= 0.6 is 23.2 Å². The summed E-state index contributed by atoms with van der Waals surface area (Å²) in [7, 11) is 0. The topological polar surface area (TPSA) is 114 Å². The maximum atomic E-state index is 14.6. The molecule has 1 spiro atoms. The molecule has 5 rings (SSSR count). The average molecular weight is 639 g/mol. The largest absolute Gasteiger partial charge is 0.480 e. The van der Waals surface area contributed by atoms with Crippen LogP contribution in [0.5, 0.6) is 5.88 Å². The summed E-state index contributed by atoms with van der Waals surface area (Å²) in [5.74, 6) is -1.06. The normalized spacial score (nSPS) is 20.8. The second kappa shape index (κ2) is 12.0. The lowest BCUT2D eigenvalue weighted by atomic mass is 9.71. The Morgan fingerprint density at radius 3 is 2.53 bits per heavy atom. The number of aliphatic carboxylic acids is 1. The molecule has 3 aromatic rings. The van der Waals surface area contributed by atoms with Crippen LogP contribution in [0.1, 0.15) is 49.8 Å². The number of nitrogens with zero attached hydrogens (tertiary/aromatic N) is 3. The van der Waals surface area contributed by atoms with Crippen LogP contribution in [-0.4, -0.2) is 52.4 Å². The van der Waals surface area contributed by atoms with E-state index in [2.05, 4.69) is 15.3 Å². The van der Waals surface area contributed by atoms with E-state index in [9.17, 15) is 23.1 Å². The van der Waals surface area contributed by atoms with E-state index in [4.69, 9.17) is 33.7 Å². The van der Waals surface area contributed by atoms with Crippen LogP contribution in [0.4, 0.5) is 24.9 Å². The number of hydrogen-bond acceptors (Lipinski definition) is 7. The SMILES string of the molecule is CCC1NC(C(=O)O)CC12CCN(c1cc(O[C@H](c3ccc(Cl)cc3-c3ccc(Cl)c(C)c3)C(F)(F)F)nc(N)n1)CC2. The highest BCUT2D eigenvalue weighted by molar-refractivity contribution is 6.31. The predicted molar refractivity (Wildman–Crippen MR) is 160 cm³/mol. The van der Waals surface area contributed by atoms with Crippen LogP contribution in [0.25, 0.3) is 11.1 Å². The molecule has 3 atom stereocenters. The zero-order valence-electron chi connectivity index (χ0n) is 23.6. The number of alkyl halides is 3. The highest BCUT2D eigenvalue weighted by atomic mass is 35.5. The van der Waals surface area contributed by atoms with Gasteiger partial charge >= 0.3 is 12.1 Å². The summed E-state index contributed by atoms with van der Waals surface area (Å²) < 4.78 is 49.4. The Labute approximate surface area is 257 Å². The summed E-state index contributed by atoms with van der Waals surface area (Å²) in [5, 5.41) is 13.5. The molecule has 230 valence electrons. The molecular formula is C30H32Cl2F3N5O3. The van der Waals surface area contributed by atoms with Crippen molar-refractivity contribution >= 4 is 40.9 Å². The van der Waals surface area contributed by atoms with Crippen LogP contribution in [-0.2, 0) is 4.79 Å². The van der Waals surface area contributed by atoms with E-state index >= 15 is 0 Å². The lowest BCUT2D eigenvalue weighted by molar-refractivity contribution is -0.198. The molecule has 2 saturated heterocycles. The van der Waals surface area contributed by atoms with Gasteiger partial charge in [0, 0.05) is 40.8 Å². The number of carboxylic acid groups (broad SMARTS) is 1. The molecule has 0 amide bonds. The van der Waals surface area contributed by atoms with E-state index in [0.717, 1.165) is 6.42 Å². The Hall–Kier alpha value is -3.28. The summed E-state index contributed by atoms with van der Waals surface area (Å²) >= 11 is 12.4. The molecule has 2 aromatic carbocycles. The van der Waals surface area contributed by atoms with Crippen LogP contribution in [0.2, 0.25) is 10.0 Å². The molecular weight excluding hydrogens is 606 g/mol. The predicted octanol–water partition coefficient (Wildman–Crippen LogP) is 6.84. The van der Waals surface area contributed by atoms with Gasteiger partial charge in [0.2, 0.25) is 17.9 Å². The van der Waals surface area contributed by atoms with E-state index in [1.54, 1.807) is 25.1 Å². The number of nitrogens with one attached hydrogen (secondary N) is 1. The third-order valence-corrected chi connectivity index (χ3v) is 9.21. The van der Waals surface area contributed by atoms with Crippen molar-refractivity contribution in [3.8, 4) is 17.0 Å². The van der Waals surface area contributed by atoms with Gasteiger partial charge in [-0.3, -0.25) is 4.79 Å². The van der Waals surface area contributed by atoms with Gasteiger partial charge in [-0.05, 0) is 79.0 Å². The van der Waals surface area contributed by atoms with Crippen molar-refractivity contribution in [2.75, 3.05) is 23.7 Å². The van der Waals surface area contributed by atoms with Gasteiger partial charge in [-0.15, -0.1) is 0 Å². The first-order valence-electron chi connectivity index (χ1n) is 14.0. The van der Waals surface area contributed by atoms with Gasteiger partial charge < -0.3 is 25.8 Å². The zero-order valence-corrected chi connectivity index (χ0v) is 25.1. The van der Waals surface area contributed by atoms with Crippen molar-refractivity contribution in [1.29, 1.82) is 0 Å². The van der Waals surface area contributed by atoms with Crippen LogP contribution in [0.3, 0.4) is 0 Å². The van der Waals surface area contributed by atoms with Gasteiger partial charge in [-0.25, -0.2) is 0 Å². The van der Waals surface area contributed by atoms with E-state index in [1.807, 2.05) is 11.8 Å². The summed E-state index contributed by atoms with van der Waals surface area (Å²) in [6.45, 7) is 4.85. The number of carbonyl (C=O) groups is 1. The van der Waals surface area contributed by atoms with E-state index in [-0.39, 0.29) is 39.4 Å². The Kier molecular flexibility index (Phi) is 8.70. The van der Waals surface area contributed by atoms with Gasteiger partial charge in [0.15, 0.2) is 0 Å². The molecule has 2 aliphatic heterocycles. The minimum atomic E-state index is -4.81. The van der Waals surface area contributed by atoms with Gasteiger partial charge in [0.25, 0.3) is 0 Å². The minimum Gasteiger partial charge on any atom is -0.480 e. The number of benzene rings is 2. The third-order valence-electron chi connectivity index (χ3n) is 8.55. The summed E-state index contributed by atoms with van der Waals surface area (Å²) in [6, 6.07) is 9.90. The molecule has 0 saturated carbocycles. The minimum absolute atomic E-state index is 0.0654. The fourth-order valence-corrected chi connectivity index (χ4v) is 6.66. The Balaban J connectivity index is 1.42. The van der Waals surface area contributed by atoms with E-state index in [1.165, 1.54) is 24.3 Å². The number of halogens is 5. The Bertz CT molecular complexity index is 1510. The second-order valence-corrected chi connectivity index (χ2v) is 12.1. The smallest absolute Gasteiger partial charge is 0.429 e. The number of aromatic nitrogens is 2. The summed E-state index contributed by atoms with van der Waals surface area (Å²) in [5.41, 5.74) is 7.07. The molecule has 0 aliphatic carbocycles. The highest BCUT2D eigenvalue weighted by Crippen LogP contribution is 2.46. The van der Waals surface area contributed by atoms with Crippen molar-refractivity contribution in [3.05, 3.63) is 63.6 Å². The van der Waals surface area contributed by atoms with E-state index < -0.39 is 24.3 Å². The van der Waals surface area contributed by atoms with Gasteiger partial charge in [-0.2, -0.15) is 23.1 Å². The Morgan fingerprint density at radius 1 is 1.19 bits per heavy atom. The zero-order chi connectivity index (χ0) is 31.1. The molecule has 2 aliphatic rings. The average Bonchev–Trinajstić information content (AvgIpc) is 3.31. The fourth-order valence-electron chi connectivity index (χ4n) is 6.37. The number of aryl methyl sites for hydroxylation is 1. The highest BCUT2D eigenvalue weighted by Gasteiger charge is 2.50. The van der Waals surface area contributed by atoms with Crippen molar-refractivity contribution in [2.45, 2.75) is 63.9 Å². The monoisotopic (exact) mass is 637 g/mol. The van der Waals surface area contributed by atoms with Crippen molar-refractivity contribution in [3.63, 3.8) is 0 Å². The molecule has 3 heterocycles. The number of nitrogen functional groups attached to an aromatic ring is 1. The third kappa shape index (κ3) is 6.49. The summed E-state index contributed by atoms with van der Waals surface area (Å²) in [4.78, 5) is 21.8. The molecule has 13 heteroatoms. The molecule has 1 aromatic heterocycles.